The second kappa shape index (κ2) is 14.0. The summed E-state index contributed by atoms with van der Waals surface area (Å²) in [6, 6.07) is 11.9. The van der Waals surface area contributed by atoms with Crippen LogP contribution in [-0.4, -0.2) is 85.6 Å². The van der Waals surface area contributed by atoms with Crippen LogP contribution >= 0.6 is 0 Å². The number of nitrogens with zero attached hydrogens (tertiary/aromatic N) is 1. The molecule has 4 amide bonds. The van der Waals surface area contributed by atoms with Crippen molar-refractivity contribution < 1.29 is 48.0 Å². The zero-order chi connectivity index (χ0) is 32.0. The topological polar surface area (TPSA) is 188 Å². The Morgan fingerprint density at radius 3 is 2.30 bits per heavy atom. The van der Waals surface area contributed by atoms with Crippen LogP contribution in [0.3, 0.4) is 0 Å². The van der Waals surface area contributed by atoms with Crippen molar-refractivity contribution in [3.05, 3.63) is 60.2 Å². The third kappa shape index (κ3) is 7.82. The van der Waals surface area contributed by atoms with Gasteiger partial charge >= 0.3 is 12.0 Å². The van der Waals surface area contributed by atoms with Crippen LogP contribution in [0.15, 0.2) is 54.6 Å². The van der Waals surface area contributed by atoms with E-state index in [0.29, 0.717) is 5.75 Å². The number of nitrogens with one attached hydrogen (secondary N) is 2. The molecule has 6 atom stereocenters. The molecule has 0 radical (unpaired) electrons. The van der Waals surface area contributed by atoms with Crippen molar-refractivity contribution in [2.75, 3.05) is 19.1 Å². The third-order valence-corrected chi connectivity index (χ3v) is 7.28. The van der Waals surface area contributed by atoms with E-state index < -0.39 is 72.7 Å². The first-order valence-corrected chi connectivity index (χ1v) is 14.0. The van der Waals surface area contributed by atoms with Gasteiger partial charge in [0.1, 0.15) is 30.1 Å². The molecule has 14 nitrogen and oxygen atoms in total. The van der Waals surface area contributed by atoms with E-state index in [0.717, 1.165) is 10.5 Å². The Balaban J connectivity index is 1.64. The minimum atomic E-state index is -1.56. The van der Waals surface area contributed by atoms with Crippen LogP contribution in [0.5, 0.6) is 5.75 Å². The Kier molecular flexibility index (Phi) is 10.4. The van der Waals surface area contributed by atoms with Crippen molar-refractivity contribution in [3.8, 4) is 5.75 Å². The summed E-state index contributed by atoms with van der Waals surface area (Å²) in [6.07, 6.45) is -4.36. The molecule has 2 unspecified atom stereocenters. The number of carbonyl (C=O) groups is 4. The number of aliphatic carboxylic acids is 1. The van der Waals surface area contributed by atoms with Gasteiger partial charge in [-0.3, -0.25) is 19.3 Å². The molecule has 0 saturated carbocycles. The molecule has 0 bridgehead atoms. The van der Waals surface area contributed by atoms with E-state index in [9.17, 15) is 24.3 Å². The molecular weight excluding hydrogens is 576 g/mol. The fourth-order valence-corrected chi connectivity index (χ4v) is 5.35. The minimum absolute atomic E-state index is 0.114. The lowest BCUT2D eigenvalue weighted by Crippen LogP contribution is -2.58. The number of carboxylic acid groups (broad SMARTS) is 1. The first-order valence-electron chi connectivity index (χ1n) is 14.0. The average molecular weight is 615 g/mol. The fourth-order valence-electron chi connectivity index (χ4n) is 5.35. The number of hydrogen-bond acceptors (Lipinski definition) is 9. The molecule has 2 aliphatic heterocycles. The number of anilines is 1. The Morgan fingerprint density at radius 2 is 1.70 bits per heavy atom. The second-order valence-corrected chi connectivity index (χ2v) is 10.9. The van der Waals surface area contributed by atoms with E-state index in [-0.39, 0.29) is 18.7 Å². The van der Waals surface area contributed by atoms with Crippen molar-refractivity contribution in [2.45, 2.75) is 75.7 Å². The van der Waals surface area contributed by atoms with Gasteiger partial charge in [0.05, 0.1) is 19.6 Å². The smallest absolute Gasteiger partial charge is 0.322 e. The fraction of sp³-hybridized carbons (Fsp3) is 0.467. The van der Waals surface area contributed by atoms with Gasteiger partial charge in [-0.15, -0.1) is 0 Å². The van der Waals surface area contributed by atoms with Gasteiger partial charge in [0.15, 0.2) is 12.1 Å². The molecule has 0 aliphatic carbocycles. The molecule has 2 fully saturated rings. The van der Waals surface area contributed by atoms with Crippen LogP contribution in [0.1, 0.15) is 32.3 Å². The van der Waals surface area contributed by atoms with Gasteiger partial charge in [0.25, 0.3) is 0 Å². The van der Waals surface area contributed by atoms with Crippen molar-refractivity contribution >= 4 is 29.5 Å². The third-order valence-electron chi connectivity index (χ3n) is 7.28. The molecule has 0 spiro atoms. The van der Waals surface area contributed by atoms with Crippen molar-refractivity contribution in [3.63, 3.8) is 0 Å². The number of amides is 4. The van der Waals surface area contributed by atoms with Crippen LogP contribution in [0.4, 0.5) is 10.5 Å². The quantitative estimate of drug-likeness (QED) is 0.257. The van der Waals surface area contributed by atoms with Gasteiger partial charge in [0.2, 0.25) is 11.8 Å². The first kappa shape index (κ1) is 32.7. The summed E-state index contributed by atoms with van der Waals surface area (Å²) in [6.45, 7) is 3.54. The zero-order valence-corrected chi connectivity index (χ0v) is 24.9. The van der Waals surface area contributed by atoms with Crippen LogP contribution in [-0.2, 0) is 39.9 Å². The zero-order valence-electron chi connectivity index (χ0n) is 24.9. The lowest BCUT2D eigenvalue weighted by molar-refractivity contribution is -0.220. The summed E-state index contributed by atoms with van der Waals surface area (Å²) < 4.78 is 28.6. The van der Waals surface area contributed by atoms with Crippen LogP contribution in [0.2, 0.25) is 0 Å². The summed E-state index contributed by atoms with van der Waals surface area (Å²) in [5.41, 5.74) is 6.55. The molecule has 0 aromatic heterocycles. The van der Waals surface area contributed by atoms with E-state index in [1.54, 1.807) is 26.0 Å². The molecule has 2 aromatic carbocycles. The number of fused-ring (bicyclic) bond motifs is 1. The van der Waals surface area contributed by atoms with Crippen LogP contribution in [0, 0.1) is 0 Å². The number of carbonyl (C=O) groups excluding carboxylic acids is 3. The number of hydrogen-bond donors (Lipinski definition) is 4. The van der Waals surface area contributed by atoms with Gasteiger partial charge in [-0.2, -0.15) is 0 Å². The standard InChI is InChI=1S/C30H38N4O10/c1-30(2)43-26-25(41-4)24(42-28(26)44-30)20(14-22(31)35)33-27(38)21(15-23(36)37)34(18-10-12-19(40-3)13-11-18)29(39)32-16-17-8-6-5-7-9-17/h5-13,20-21,24-26,28H,14-16H2,1-4H3,(H2,31,35)(H,32,39)(H,33,38)(H,36,37)/t20?,21-,24?,25+,26-,28-/m0/s1. The minimum Gasteiger partial charge on any atom is -0.497 e. The summed E-state index contributed by atoms with van der Waals surface area (Å²) >= 11 is 0. The van der Waals surface area contributed by atoms with Gasteiger partial charge < -0.3 is 45.2 Å². The number of nitrogens with two attached hydrogens (primary N) is 1. The van der Waals surface area contributed by atoms with Gasteiger partial charge in [0, 0.05) is 25.8 Å². The highest BCUT2D eigenvalue weighted by Crippen LogP contribution is 2.40. The summed E-state index contributed by atoms with van der Waals surface area (Å²) in [5, 5.41) is 15.3. The molecular formula is C30H38N4O10. The maximum Gasteiger partial charge on any atom is 0.322 e. The number of primary amides is 1. The lowest BCUT2D eigenvalue weighted by Gasteiger charge is -2.34. The molecule has 2 heterocycles. The maximum atomic E-state index is 14.0. The predicted molar refractivity (Wildman–Crippen MR) is 155 cm³/mol. The predicted octanol–water partition coefficient (Wildman–Crippen LogP) is 1.51. The molecule has 2 aromatic rings. The lowest BCUT2D eigenvalue weighted by atomic mass is 9.99. The Hall–Kier alpha value is -4.24. The summed E-state index contributed by atoms with van der Waals surface area (Å²) in [4.78, 5) is 52.9. The number of ether oxygens (including phenoxy) is 5. The van der Waals surface area contributed by atoms with Crippen molar-refractivity contribution in [1.82, 2.24) is 10.6 Å². The number of benzene rings is 2. The SMILES string of the molecule is COc1ccc(N(C(=O)NCc2ccccc2)[C@@H](CC(=O)O)C(=O)NC(CC(N)=O)C2O[C@H]3OC(C)(C)O[C@H]3[C@@H]2OC)cc1. The maximum absolute atomic E-state index is 14.0. The molecule has 14 heteroatoms. The summed E-state index contributed by atoms with van der Waals surface area (Å²) in [5.74, 6) is -3.41. The van der Waals surface area contributed by atoms with E-state index in [1.165, 1.54) is 26.4 Å². The second-order valence-electron chi connectivity index (χ2n) is 10.9. The molecule has 2 saturated heterocycles. The average Bonchev–Trinajstić information content (AvgIpc) is 3.46. The van der Waals surface area contributed by atoms with Crippen molar-refractivity contribution in [2.24, 2.45) is 5.73 Å². The number of methoxy groups -OCH3 is 2. The normalized spacial score (nSPS) is 23.2. The largest absolute Gasteiger partial charge is 0.497 e. The van der Waals surface area contributed by atoms with Crippen molar-refractivity contribution in [1.29, 1.82) is 0 Å². The Morgan fingerprint density at radius 1 is 1.02 bits per heavy atom. The number of carboxylic acids is 1. The van der Waals surface area contributed by atoms with E-state index in [1.807, 2.05) is 30.3 Å². The van der Waals surface area contributed by atoms with Gasteiger partial charge in [-0.25, -0.2) is 4.79 Å². The van der Waals surface area contributed by atoms with E-state index in [4.69, 9.17) is 29.4 Å². The monoisotopic (exact) mass is 614 g/mol. The number of rotatable bonds is 13. The molecule has 2 aliphatic rings. The van der Waals surface area contributed by atoms with Gasteiger partial charge in [-0.05, 0) is 43.7 Å². The number of urea groups is 1. The Labute approximate surface area is 254 Å². The van der Waals surface area contributed by atoms with Crippen LogP contribution < -0.4 is 26.0 Å². The highest BCUT2D eigenvalue weighted by molar-refractivity contribution is 6.01. The highest BCUT2D eigenvalue weighted by Gasteiger charge is 2.57. The van der Waals surface area contributed by atoms with E-state index >= 15 is 0 Å². The first-order chi connectivity index (χ1) is 20.9. The Bertz CT molecular complexity index is 1320. The summed E-state index contributed by atoms with van der Waals surface area (Å²) in [7, 11) is 2.90. The molecule has 238 valence electrons. The van der Waals surface area contributed by atoms with Gasteiger partial charge in [-0.1, -0.05) is 30.3 Å². The van der Waals surface area contributed by atoms with E-state index in [2.05, 4.69) is 10.6 Å². The molecule has 5 N–H and O–H groups in total. The molecule has 4 rings (SSSR count). The molecule has 44 heavy (non-hydrogen) atoms. The van der Waals surface area contributed by atoms with Crippen LogP contribution in [0.25, 0.3) is 0 Å². The highest BCUT2D eigenvalue weighted by atomic mass is 16.8.